The van der Waals surface area contributed by atoms with Gasteiger partial charge in [-0.2, -0.15) is 0 Å². The number of aryl methyl sites for hydroxylation is 1. The third kappa shape index (κ3) is 6.41. The van der Waals surface area contributed by atoms with Crippen LogP contribution in [0.2, 0.25) is 0 Å². The van der Waals surface area contributed by atoms with Crippen molar-refractivity contribution in [1.82, 2.24) is 9.55 Å². The van der Waals surface area contributed by atoms with Crippen LogP contribution in [-0.4, -0.2) is 38.8 Å². The Morgan fingerprint density at radius 3 is 2.64 bits per heavy atom. The van der Waals surface area contributed by atoms with Crippen molar-refractivity contribution in [3.8, 4) is 0 Å². The summed E-state index contributed by atoms with van der Waals surface area (Å²) in [5.41, 5.74) is 0.780. The lowest BCUT2D eigenvalue weighted by Crippen LogP contribution is -2.33. The SMILES string of the molecule is BrCCOCc1ccccc1.CC[C@H]1O[C@@H](n2cc(C)c(=O)[nH]c2=O)C[C@H]1O. The van der Waals surface area contributed by atoms with E-state index in [1.54, 1.807) is 6.92 Å². The summed E-state index contributed by atoms with van der Waals surface area (Å²) < 4.78 is 12.2. The van der Waals surface area contributed by atoms with Gasteiger partial charge in [0.2, 0.25) is 0 Å². The number of nitrogens with zero attached hydrogens (tertiary/aromatic N) is 1. The average Bonchev–Trinajstić information content (AvgIpc) is 3.07. The van der Waals surface area contributed by atoms with Gasteiger partial charge in [-0.15, -0.1) is 0 Å². The molecule has 8 heteroatoms. The molecule has 0 radical (unpaired) electrons. The number of aromatic nitrogens is 2. The van der Waals surface area contributed by atoms with E-state index in [2.05, 4.69) is 33.0 Å². The molecule has 0 amide bonds. The summed E-state index contributed by atoms with van der Waals surface area (Å²) in [4.78, 5) is 25.1. The van der Waals surface area contributed by atoms with Crippen molar-refractivity contribution >= 4 is 15.9 Å². The van der Waals surface area contributed by atoms with Crippen LogP contribution in [0, 0.1) is 6.92 Å². The zero-order valence-corrected chi connectivity index (χ0v) is 17.7. The predicted molar refractivity (Wildman–Crippen MR) is 111 cm³/mol. The summed E-state index contributed by atoms with van der Waals surface area (Å²) in [5.74, 6) is 0. The molecule has 2 heterocycles. The molecule has 0 saturated carbocycles. The summed E-state index contributed by atoms with van der Waals surface area (Å²) >= 11 is 3.30. The minimum atomic E-state index is -0.566. The smallest absolute Gasteiger partial charge is 0.330 e. The minimum Gasteiger partial charge on any atom is -0.390 e. The predicted octanol–water partition coefficient (Wildman–Crippen LogP) is 2.50. The Bertz CT molecular complexity index is 836. The van der Waals surface area contributed by atoms with Crippen LogP contribution in [0.25, 0.3) is 0 Å². The minimum absolute atomic E-state index is 0.251. The molecule has 7 nitrogen and oxygen atoms in total. The van der Waals surface area contributed by atoms with Crippen LogP contribution in [0.4, 0.5) is 0 Å². The van der Waals surface area contributed by atoms with Crippen LogP contribution >= 0.6 is 15.9 Å². The van der Waals surface area contributed by atoms with Gasteiger partial charge in [-0.25, -0.2) is 4.79 Å². The van der Waals surface area contributed by atoms with E-state index in [0.29, 0.717) is 25.0 Å². The average molecular weight is 455 g/mol. The monoisotopic (exact) mass is 454 g/mol. The van der Waals surface area contributed by atoms with Gasteiger partial charge in [0, 0.05) is 23.5 Å². The first kappa shape index (κ1) is 22.5. The third-order valence-corrected chi connectivity index (χ3v) is 4.72. The highest BCUT2D eigenvalue weighted by atomic mass is 79.9. The maximum atomic E-state index is 11.6. The fourth-order valence-electron chi connectivity index (χ4n) is 2.87. The highest BCUT2D eigenvalue weighted by Crippen LogP contribution is 2.28. The van der Waals surface area contributed by atoms with Crippen molar-refractivity contribution in [1.29, 1.82) is 0 Å². The van der Waals surface area contributed by atoms with Gasteiger partial charge in [-0.1, -0.05) is 53.2 Å². The summed E-state index contributed by atoms with van der Waals surface area (Å²) in [7, 11) is 0. The van der Waals surface area contributed by atoms with Gasteiger partial charge in [-0.05, 0) is 18.9 Å². The number of H-pyrrole nitrogens is 1. The molecule has 2 N–H and O–H groups in total. The van der Waals surface area contributed by atoms with E-state index < -0.39 is 23.6 Å². The fourth-order valence-corrected chi connectivity index (χ4v) is 3.10. The van der Waals surface area contributed by atoms with Crippen molar-refractivity contribution < 1.29 is 14.6 Å². The Kier molecular flexibility index (Phi) is 9.11. The molecule has 1 aromatic heterocycles. The van der Waals surface area contributed by atoms with Gasteiger partial charge >= 0.3 is 5.69 Å². The van der Waals surface area contributed by atoms with E-state index in [-0.39, 0.29) is 6.10 Å². The quantitative estimate of drug-likeness (QED) is 0.516. The molecule has 1 aromatic carbocycles. The lowest BCUT2D eigenvalue weighted by molar-refractivity contribution is -0.0218. The maximum Gasteiger partial charge on any atom is 0.330 e. The molecule has 0 unspecified atom stereocenters. The molecule has 1 saturated heterocycles. The van der Waals surface area contributed by atoms with Crippen molar-refractivity contribution in [3.63, 3.8) is 0 Å². The number of hydrogen-bond acceptors (Lipinski definition) is 5. The molecule has 0 spiro atoms. The van der Waals surface area contributed by atoms with E-state index >= 15 is 0 Å². The second kappa shape index (κ2) is 11.3. The molecular weight excluding hydrogens is 428 g/mol. The normalized spacial score (nSPS) is 21.2. The molecule has 1 aliphatic heterocycles. The molecule has 0 bridgehead atoms. The second-order valence-corrected chi connectivity index (χ2v) is 7.34. The number of rotatable bonds is 6. The zero-order chi connectivity index (χ0) is 20.5. The Hall–Kier alpha value is -1.74. The summed E-state index contributed by atoms with van der Waals surface area (Å²) in [6, 6.07) is 10.2. The number of alkyl halides is 1. The Labute approximate surface area is 172 Å². The Morgan fingerprint density at radius 2 is 2.04 bits per heavy atom. The highest BCUT2D eigenvalue weighted by molar-refractivity contribution is 9.09. The van der Waals surface area contributed by atoms with Gasteiger partial charge in [0.1, 0.15) is 6.23 Å². The number of aliphatic hydroxyl groups is 1. The molecule has 28 heavy (non-hydrogen) atoms. The summed E-state index contributed by atoms with van der Waals surface area (Å²) in [6.45, 7) is 5.02. The number of nitrogens with one attached hydrogen (secondary N) is 1. The van der Waals surface area contributed by atoms with E-state index in [4.69, 9.17) is 9.47 Å². The first-order chi connectivity index (χ1) is 13.5. The number of hydrogen-bond donors (Lipinski definition) is 2. The van der Waals surface area contributed by atoms with Crippen molar-refractivity contribution in [2.45, 2.75) is 51.7 Å². The van der Waals surface area contributed by atoms with Crippen LogP contribution in [0.15, 0.2) is 46.1 Å². The van der Waals surface area contributed by atoms with Gasteiger partial charge in [0.15, 0.2) is 0 Å². The molecular formula is C20H27BrN2O5. The van der Waals surface area contributed by atoms with E-state index in [0.717, 1.165) is 11.9 Å². The first-order valence-corrected chi connectivity index (χ1v) is 10.4. The number of aliphatic hydroxyl groups excluding tert-OH is 1. The lowest BCUT2D eigenvalue weighted by Gasteiger charge is -2.14. The van der Waals surface area contributed by atoms with Crippen molar-refractivity contribution in [2.24, 2.45) is 0 Å². The number of halogens is 1. The molecule has 1 fully saturated rings. The van der Waals surface area contributed by atoms with Crippen molar-refractivity contribution in [2.75, 3.05) is 11.9 Å². The molecule has 154 valence electrons. The van der Waals surface area contributed by atoms with E-state index in [1.807, 2.05) is 25.1 Å². The molecule has 3 atom stereocenters. The molecule has 0 aliphatic carbocycles. The number of ether oxygens (including phenoxy) is 2. The standard InChI is InChI=1S/C11H16N2O4.C9H11BrO/c1-3-8-7(14)4-9(17-8)13-5-6(2)10(15)12-11(13)16;10-6-7-11-8-9-4-2-1-3-5-9/h5,7-9,14H,3-4H2,1-2H3,(H,12,15,16);1-5H,6-8H2/t7-,8-,9-;/m1./s1. The fraction of sp³-hybridized carbons (Fsp3) is 0.500. The third-order valence-electron chi connectivity index (χ3n) is 4.40. The van der Waals surface area contributed by atoms with Crippen LogP contribution in [0.3, 0.4) is 0 Å². The highest BCUT2D eigenvalue weighted by Gasteiger charge is 2.34. The maximum absolute atomic E-state index is 11.6. The van der Waals surface area contributed by atoms with Gasteiger partial charge < -0.3 is 14.6 Å². The molecule has 3 rings (SSSR count). The molecule has 2 aromatic rings. The molecule has 1 aliphatic rings. The second-order valence-electron chi connectivity index (χ2n) is 6.55. The summed E-state index contributed by atoms with van der Waals surface area (Å²) in [6.07, 6.45) is 1.20. The number of aromatic amines is 1. The van der Waals surface area contributed by atoms with Crippen LogP contribution < -0.4 is 11.2 Å². The van der Waals surface area contributed by atoms with E-state index in [1.165, 1.54) is 16.3 Å². The number of benzene rings is 1. The topological polar surface area (TPSA) is 93.5 Å². The first-order valence-electron chi connectivity index (χ1n) is 9.29. The van der Waals surface area contributed by atoms with E-state index in [9.17, 15) is 14.7 Å². The van der Waals surface area contributed by atoms with Gasteiger partial charge in [-0.3, -0.25) is 14.3 Å². The lowest BCUT2D eigenvalue weighted by atomic mass is 10.1. The Balaban J connectivity index is 0.000000221. The zero-order valence-electron chi connectivity index (χ0n) is 16.1. The largest absolute Gasteiger partial charge is 0.390 e. The summed E-state index contributed by atoms with van der Waals surface area (Å²) in [5, 5.41) is 10.6. The van der Waals surface area contributed by atoms with Crippen molar-refractivity contribution in [3.05, 3.63) is 68.5 Å². The van der Waals surface area contributed by atoms with Crippen LogP contribution in [0.1, 0.15) is 37.1 Å². The van der Waals surface area contributed by atoms with Crippen LogP contribution in [-0.2, 0) is 16.1 Å². The van der Waals surface area contributed by atoms with Gasteiger partial charge in [0.25, 0.3) is 5.56 Å². The Morgan fingerprint density at radius 1 is 1.32 bits per heavy atom. The van der Waals surface area contributed by atoms with Crippen LogP contribution in [0.5, 0.6) is 0 Å². The van der Waals surface area contributed by atoms with Gasteiger partial charge in [0.05, 0.1) is 25.4 Å².